The Morgan fingerprint density at radius 2 is 0.330 bits per heavy atom. The predicted octanol–water partition coefficient (Wildman–Crippen LogP) is 28.8. The lowest BCUT2D eigenvalue weighted by Crippen LogP contribution is -2.10. The van der Waals surface area contributed by atoms with Gasteiger partial charge in [-0.05, 0) is 210 Å². The first-order valence-electron chi connectivity index (χ1n) is 35.7. The summed E-state index contributed by atoms with van der Waals surface area (Å²) < 4.78 is 0. The van der Waals surface area contributed by atoms with Crippen molar-refractivity contribution in [3.05, 3.63) is 338 Å². The van der Waals surface area contributed by atoms with Gasteiger partial charge in [0.15, 0.2) is 0 Å². The second kappa shape index (κ2) is 25.7. The van der Waals surface area contributed by atoms with E-state index in [0.717, 1.165) is 0 Å². The van der Waals surface area contributed by atoms with Crippen LogP contribution < -0.4 is 0 Å². The number of hydrogen-bond donors (Lipinski definition) is 0. The molecule has 16 aromatic carbocycles. The summed E-state index contributed by atoms with van der Waals surface area (Å²) in [7, 11) is 0. The minimum Gasteiger partial charge on any atom is -0.0616 e. The molecular weight excluding hydrogens is 1200 g/mol. The van der Waals surface area contributed by atoms with Gasteiger partial charge in [-0.2, -0.15) is 0 Å². The lowest BCUT2D eigenvalue weighted by atomic mass is 9.84. The lowest BCUT2D eigenvalue weighted by Gasteiger charge is -2.20. The first-order valence-corrected chi connectivity index (χ1v) is 35.7. The van der Waals surface area contributed by atoms with Crippen molar-refractivity contribution in [3.8, 4) is 89.0 Å². The fourth-order valence-electron chi connectivity index (χ4n) is 15.1. The Labute approximate surface area is 592 Å². The van der Waals surface area contributed by atoms with Gasteiger partial charge in [0.25, 0.3) is 0 Å². The third-order valence-corrected chi connectivity index (χ3v) is 20.9. The van der Waals surface area contributed by atoms with Gasteiger partial charge in [-0.15, -0.1) is 0 Å². The molecule has 0 spiro atoms. The van der Waals surface area contributed by atoms with Crippen molar-refractivity contribution in [3.63, 3.8) is 0 Å². The summed E-state index contributed by atoms with van der Waals surface area (Å²) in [5.41, 5.74) is 26.1. The zero-order chi connectivity index (χ0) is 69.2. The second-order valence-corrected chi connectivity index (χ2v) is 31.6. The molecule has 0 aromatic heterocycles. The van der Waals surface area contributed by atoms with E-state index in [1.54, 1.807) is 0 Å². The van der Waals surface area contributed by atoms with Crippen LogP contribution in [0.3, 0.4) is 0 Å². The molecule has 0 unspecified atom stereocenters. The van der Waals surface area contributed by atoms with E-state index in [4.69, 9.17) is 0 Å². The van der Waals surface area contributed by atoms with Crippen LogP contribution in [0.25, 0.3) is 154 Å². The first kappa shape index (κ1) is 65.0. The van der Waals surface area contributed by atoms with Gasteiger partial charge in [-0.3, -0.25) is 0 Å². The Morgan fingerprint density at radius 1 is 0.140 bits per heavy atom. The molecule has 16 aromatic rings. The van der Waals surface area contributed by atoms with E-state index in [0.29, 0.717) is 0 Å². The highest BCUT2D eigenvalue weighted by atomic mass is 14.3. The van der Waals surface area contributed by atoms with Crippen LogP contribution in [0.4, 0.5) is 0 Å². The Kier molecular flexibility index (Phi) is 16.7. The quantitative estimate of drug-likeness (QED) is 0.142. The summed E-state index contributed by atoms with van der Waals surface area (Å²) in [5, 5.41) is 15.2. The molecule has 0 N–H and O–H groups in total. The summed E-state index contributed by atoms with van der Waals surface area (Å²) in [6, 6.07) is 118. The molecule has 0 atom stereocenters. The topological polar surface area (TPSA) is 0 Å². The van der Waals surface area contributed by atoms with E-state index in [2.05, 4.69) is 399 Å². The molecule has 0 radical (unpaired) electrons. The van der Waals surface area contributed by atoms with Crippen molar-refractivity contribution < 1.29 is 0 Å². The molecule has 0 aliphatic carbocycles. The van der Waals surface area contributed by atoms with E-state index in [1.807, 2.05) is 0 Å². The van der Waals surface area contributed by atoms with E-state index in [-0.39, 0.29) is 21.7 Å². The number of benzene rings is 16. The molecule has 100 heavy (non-hydrogen) atoms. The van der Waals surface area contributed by atoms with Gasteiger partial charge in [0.05, 0.1) is 0 Å². The summed E-state index contributed by atoms with van der Waals surface area (Å²) in [6.45, 7) is 27.2. The van der Waals surface area contributed by atoms with E-state index in [9.17, 15) is 0 Å². The normalized spacial score (nSPS) is 12.2. The molecule has 0 saturated carbocycles. The van der Waals surface area contributed by atoms with Crippen molar-refractivity contribution in [2.24, 2.45) is 0 Å². The number of rotatable bonds is 8. The summed E-state index contributed by atoms with van der Waals surface area (Å²) >= 11 is 0. The van der Waals surface area contributed by atoms with E-state index >= 15 is 0 Å². The molecule has 0 heterocycles. The van der Waals surface area contributed by atoms with Gasteiger partial charge in [0.2, 0.25) is 0 Å². The minimum atomic E-state index is 0.129. The molecule has 0 saturated heterocycles. The molecule has 488 valence electrons. The first-order chi connectivity index (χ1) is 48.1. The highest BCUT2D eigenvalue weighted by Crippen LogP contribution is 2.46. The monoisotopic (exact) mass is 1290 g/mol. The van der Waals surface area contributed by atoms with Crippen LogP contribution in [-0.2, 0) is 21.7 Å². The van der Waals surface area contributed by atoms with Crippen LogP contribution in [0.5, 0.6) is 0 Å². The molecule has 0 fully saturated rings. The SMILES string of the molecule is CC(C)(C)c1ccc(-c2ccc(-c3cccc4c(-c5ccc(-c6ccc(C(C)(C)C)cc6)c6ccccc56)cccc34)c3ccccc23)cc1.CC(C)(C)c1ccc(-c2ccc3cc(-c4cccc5c(-c6ccc(-c7ccc(C(C)(C)C)cc7)c7ccccc67)cccc45)ccc3c2)cc1. The lowest BCUT2D eigenvalue weighted by molar-refractivity contribution is 0.590. The third-order valence-electron chi connectivity index (χ3n) is 20.9. The van der Waals surface area contributed by atoms with Crippen LogP contribution in [0.1, 0.15) is 105 Å². The van der Waals surface area contributed by atoms with Crippen molar-refractivity contribution >= 4 is 64.6 Å². The summed E-state index contributed by atoms with van der Waals surface area (Å²) in [6.07, 6.45) is 0. The zero-order valence-electron chi connectivity index (χ0n) is 60.0. The van der Waals surface area contributed by atoms with Crippen molar-refractivity contribution in [2.75, 3.05) is 0 Å². The van der Waals surface area contributed by atoms with Gasteiger partial charge < -0.3 is 0 Å². The number of fused-ring (bicyclic) bond motifs is 6. The molecular formula is C100H88. The molecule has 0 aliphatic heterocycles. The largest absolute Gasteiger partial charge is 0.0616 e. The Balaban J connectivity index is 0.000000162. The predicted molar refractivity (Wildman–Crippen MR) is 436 cm³/mol. The summed E-state index contributed by atoms with van der Waals surface area (Å²) in [5.74, 6) is 0. The zero-order valence-corrected chi connectivity index (χ0v) is 60.0. The van der Waals surface area contributed by atoms with Gasteiger partial charge in [0.1, 0.15) is 0 Å². The summed E-state index contributed by atoms with van der Waals surface area (Å²) in [4.78, 5) is 0. The van der Waals surface area contributed by atoms with Gasteiger partial charge >= 0.3 is 0 Å². The maximum Gasteiger partial charge on any atom is -0.00987 e. The molecule has 0 amide bonds. The van der Waals surface area contributed by atoms with Crippen LogP contribution in [0.15, 0.2) is 315 Å². The maximum absolute atomic E-state index is 2.35. The third kappa shape index (κ3) is 12.5. The van der Waals surface area contributed by atoms with Gasteiger partial charge in [0, 0.05) is 0 Å². The smallest absolute Gasteiger partial charge is 0.00987 e. The Morgan fingerprint density at radius 3 is 0.610 bits per heavy atom. The molecule has 0 aliphatic rings. The highest BCUT2D eigenvalue weighted by Gasteiger charge is 2.22. The standard InChI is InChI=1S/2C50H44/c1-49(2,3)35-25-21-33(22-26-35)37-29-31-47(41-15-9-7-13-39(37)41)45-19-11-18-44-43(45)17-12-20-46(44)48-32-30-38(40-14-8-10-16-42(40)48)34-23-27-36(28-24-34)50(4,5)6;1-49(2,3)39-25-21-33(22-26-39)35-17-18-37-32-38(20-19-36(37)31-35)41-13-9-15-46-44(41)14-10-16-47(46)48-30-29-42(43-11-7-8-12-45(43)48)34-23-27-40(28-24-34)50(4,5)6/h2*7-32H,1-6H3. The Hall–Kier alpha value is -10.9. The molecule has 0 bridgehead atoms. The highest BCUT2D eigenvalue weighted by molar-refractivity contribution is 6.16. The van der Waals surface area contributed by atoms with Crippen LogP contribution in [0.2, 0.25) is 0 Å². The fourth-order valence-corrected chi connectivity index (χ4v) is 15.1. The van der Waals surface area contributed by atoms with Gasteiger partial charge in [-0.25, -0.2) is 0 Å². The molecule has 0 nitrogen and oxygen atoms in total. The van der Waals surface area contributed by atoms with E-state index in [1.165, 1.54) is 176 Å². The second-order valence-electron chi connectivity index (χ2n) is 31.6. The maximum atomic E-state index is 2.35. The average Bonchev–Trinajstić information content (AvgIpc) is 0.748. The number of hydrogen-bond acceptors (Lipinski definition) is 0. The van der Waals surface area contributed by atoms with Crippen LogP contribution >= 0.6 is 0 Å². The van der Waals surface area contributed by atoms with Crippen molar-refractivity contribution in [1.82, 2.24) is 0 Å². The molecule has 16 rings (SSSR count). The average molecular weight is 1290 g/mol. The van der Waals surface area contributed by atoms with Crippen LogP contribution in [0, 0.1) is 0 Å². The van der Waals surface area contributed by atoms with E-state index < -0.39 is 0 Å². The Bertz CT molecular complexity index is 5570. The van der Waals surface area contributed by atoms with Gasteiger partial charge in [-0.1, -0.05) is 386 Å². The fraction of sp³-hybridized carbons (Fsp3) is 0.160. The van der Waals surface area contributed by atoms with Crippen molar-refractivity contribution in [2.45, 2.75) is 105 Å². The minimum absolute atomic E-state index is 0.129. The van der Waals surface area contributed by atoms with Crippen molar-refractivity contribution in [1.29, 1.82) is 0 Å². The van der Waals surface area contributed by atoms with Crippen LogP contribution in [-0.4, -0.2) is 0 Å². The molecule has 0 heteroatoms.